The number of rotatable bonds is 4. The summed E-state index contributed by atoms with van der Waals surface area (Å²) in [6.07, 6.45) is 6.94. The first-order valence-electron chi connectivity index (χ1n) is 8.11. The minimum absolute atomic E-state index is 0.0172. The Morgan fingerprint density at radius 3 is 2.83 bits per heavy atom. The lowest BCUT2D eigenvalue weighted by molar-refractivity contribution is -0.428. The number of aliphatic imine (C=N–C) groups is 1. The van der Waals surface area contributed by atoms with E-state index in [0.717, 1.165) is 30.6 Å². The molecular formula is C16H21N4O4+. The summed E-state index contributed by atoms with van der Waals surface area (Å²) in [5.74, 6) is -1.85. The fourth-order valence-corrected chi connectivity index (χ4v) is 3.05. The molecule has 128 valence electrons. The molecule has 0 unspecified atom stereocenters. The number of nitrogens with one attached hydrogen (secondary N) is 1. The summed E-state index contributed by atoms with van der Waals surface area (Å²) >= 11 is 0. The SMILES string of the molecule is [NH3+][C@@H]1CCCC[C@@H]1N=C[C@@H]1C(=O)NC(=O)N(Cc2ccco2)C1=O. The Bertz CT molecular complexity index is 655. The van der Waals surface area contributed by atoms with E-state index < -0.39 is 23.8 Å². The van der Waals surface area contributed by atoms with Crippen molar-refractivity contribution in [2.24, 2.45) is 10.9 Å². The average molecular weight is 333 g/mol. The van der Waals surface area contributed by atoms with E-state index in [2.05, 4.69) is 16.0 Å². The van der Waals surface area contributed by atoms with Crippen LogP contribution in [0.3, 0.4) is 0 Å². The van der Waals surface area contributed by atoms with Gasteiger partial charge in [0, 0.05) is 12.6 Å². The molecule has 3 rings (SSSR count). The number of urea groups is 1. The van der Waals surface area contributed by atoms with Crippen molar-refractivity contribution >= 4 is 24.1 Å². The van der Waals surface area contributed by atoms with Crippen molar-refractivity contribution < 1.29 is 24.5 Å². The van der Waals surface area contributed by atoms with Gasteiger partial charge >= 0.3 is 6.03 Å². The molecule has 4 amide bonds. The number of carbonyl (C=O) groups excluding carboxylic acids is 3. The molecule has 1 aliphatic heterocycles. The molecular weight excluding hydrogens is 312 g/mol. The highest BCUT2D eigenvalue weighted by molar-refractivity contribution is 6.23. The molecule has 8 nitrogen and oxygen atoms in total. The number of hydrogen-bond acceptors (Lipinski definition) is 5. The fraction of sp³-hybridized carbons (Fsp3) is 0.500. The van der Waals surface area contributed by atoms with Gasteiger partial charge in [0.1, 0.15) is 17.8 Å². The predicted molar refractivity (Wildman–Crippen MR) is 83.7 cm³/mol. The Balaban J connectivity index is 1.72. The summed E-state index contributed by atoms with van der Waals surface area (Å²) in [6, 6.07) is 2.81. The van der Waals surface area contributed by atoms with Gasteiger partial charge in [-0.05, 0) is 25.0 Å². The van der Waals surface area contributed by atoms with Crippen molar-refractivity contribution in [2.45, 2.75) is 44.3 Å². The van der Waals surface area contributed by atoms with Gasteiger partial charge in [-0.15, -0.1) is 0 Å². The van der Waals surface area contributed by atoms with Gasteiger partial charge in [0.25, 0.3) is 0 Å². The first kappa shape index (κ1) is 16.4. The van der Waals surface area contributed by atoms with Crippen molar-refractivity contribution in [2.75, 3.05) is 0 Å². The van der Waals surface area contributed by atoms with E-state index in [-0.39, 0.29) is 18.6 Å². The molecule has 0 aromatic carbocycles. The predicted octanol–water partition coefficient (Wildman–Crippen LogP) is 0.0981. The van der Waals surface area contributed by atoms with Gasteiger partial charge in [0.2, 0.25) is 11.8 Å². The van der Waals surface area contributed by atoms with Crippen LogP contribution in [-0.2, 0) is 16.1 Å². The molecule has 1 aliphatic carbocycles. The lowest BCUT2D eigenvalue weighted by atomic mass is 9.91. The number of furan rings is 1. The Kier molecular flexibility index (Phi) is 4.75. The van der Waals surface area contributed by atoms with Crippen molar-refractivity contribution in [1.82, 2.24) is 10.2 Å². The average Bonchev–Trinajstić information content (AvgIpc) is 3.06. The van der Waals surface area contributed by atoms with E-state index in [0.29, 0.717) is 5.76 Å². The van der Waals surface area contributed by atoms with E-state index in [1.54, 1.807) is 12.1 Å². The highest BCUT2D eigenvalue weighted by Gasteiger charge is 2.40. The van der Waals surface area contributed by atoms with Gasteiger partial charge in [0.05, 0.1) is 12.8 Å². The number of imide groups is 2. The van der Waals surface area contributed by atoms with Crippen LogP contribution >= 0.6 is 0 Å². The second-order valence-electron chi connectivity index (χ2n) is 6.19. The molecule has 0 bridgehead atoms. The van der Waals surface area contributed by atoms with Crippen LogP contribution in [0.1, 0.15) is 31.4 Å². The van der Waals surface area contributed by atoms with Crippen LogP contribution in [0.5, 0.6) is 0 Å². The van der Waals surface area contributed by atoms with Crippen LogP contribution in [0.2, 0.25) is 0 Å². The van der Waals surface area contributed by atoms with Gasteiger partial charge in [0.15, 0.2) is 5.92 Å². The maximum atomic E-state index is 12.5. The lowest BCUT2D eigenvalue weighted by Gasteiger charge is -2.28. The highest BCUT2D eigenvalue weighted by Crippen LogP contribution is 2.19. The standard InChI is InChI=1S/C16H20N4O4/c17-12-5-1-2-6-13(12)18-8-11-14(21)19-16(23)20(15(11)22)9-10-4-3-7-24-10/h3-4,7-8,11-13H,1-2,5-6,9,17H2,(H,19,21,23)/p+1/t11-,12-,13+/m1/s1. The van der Waals surface area contributed by atoms with Gasteiger partial charge in [-0.1, -0.05) is 6.42 Å². The smallest absolute Gasteiger partial charge is 0.331 e. The van der Waals surface area contributed by atoms with E-state index in [1.165, 1.54) is 12.5 Å². The van der Waals surface area contributed by atoms with Crippen LogP contribution in [0.4, 0.5) is 4.79 Å². The number of amides is 4. The van der Waals surface area contributed by atoms with E-state index in [9.17, 15) is 14.4 Å². The van der Waals surface area contributed by atoms with Crippen molar-refractivity contribution in [3.63, 3.8) is 0 Å². The number of hydrogen-bond donors (Lipinski definition) is 2. The van der Waals surface area contributed by atoms with Crippen molar-refractivity contribution in [3.8, 4) is 0 Å². The maximum absolute atomic E-state index is 12.5. The van der Waals surface area contributed by atoms with E-state index in [1.807, 2.05) is 0 Å². The summed E-state index contributed by atoms with van der Waals surface area (Å²) in [7, 11) is 0. The zero-order chi connectivity index (χ0) is 17.1. The van der Waals surface area contributed by atoms with Gasteiger partial charge in [-0.2, -0.15) is 0 Å². The number of barbiturate groups is 1. The van der Waals surface area contributed by atoms with Gasteiger partial charge in [-0.25, -0.2) is 4.79 Å². The van der Waals surface area contributed by atoms with Crippen LogP contribution in [0.25, 0.3) is 0 Å². The van der Waals surface area contributed by atoms with Crippen LogP contribution in [0, 0.1) is 5.92 Å². The zero-order valence-corrected chi connectivity index (χ0v) is 13.3. The maximum Gasteiger partial charge on any atom is 0.331 e. The molecule has 0 radical (unpaired) electrons. The molecule has 2 fully saturated rings. The Hall–Kier alpha value is -2.48. The third-order valence-electron chi connectivity index (χ3n) is 4.48. The Morgan fingerprint density at radius 1 is 1.33 bits per heavy atom. The third kappa shape index (κ3) is 3.38. The lowest BCUT2D eigenvalue weighted by Crippen LogP contribution is -2.66. The minimum atomic E-state index is -1.09. The molecule has 8 heteroatoms. The summed E-state index contributed by atoms with van der Waals surface area (Å²) in [4.78, 5) is 41.8. The molecule has 24 heavy (non-hydrogen) atoms. The van der Waals surface area contributed by atoms with Gasteiger partial charge < -0.3 is 10.2 Å². The van der Waals surface area contributed by atoms with Crippen LogP contribution in [-0.4, -0.2) is 41.0 Å². The molecule has 3 atom stereocenters. The first-order valence-corrected chi connectivity index (χ1v) is 8.11. The second kappa shape index (κ2) is 6.96. The molecule has 4 N–H and O–H groups in total. The molecule has 2 aliphatic rings. The quantitative estimate of drug-likeness (QED) is 0.599. The van der Waals surface area contributed by atoms with Crippen molar-refractivity contribution in [1.29, 1.82) is 0 Å². The summed E-state index contributed by atoms with van der Waals surface area (Å²) < 4.78 is 5.16. The molecule has 2 heterocycles. The van der Waals surface area contributed by atoms with E-state index >= 15 is 0 Å². The first-order chi connectivity index (χ1) is 11.6. The Morgan fingerprint density at radius 2 is 2.12 bits per heavy atom. The van der Waals surface area contributed by atoms with Crippen molar-refractivity contribution in [3.05, 3.63) is 24.2 Å². The molecule has 1 saturated carbocycles. The molecule has 1 aromatic rings. The Labute approximate surface area is 139 Å². The molecule has 1 aromatic heterocycles. The largest absolute Gasteiger partial charge is 0.467 e. The van der Waals surface area contributed by atoms with Crippen LogP contribution < -0.4 is 11.1 Å². The van der Waals surface area contributed by atoms with Gasteiger partial charge in [-0.3, -0.25) is 24.8 Å². The summed E-state index contributed by atoms with van der Waals surface area (Å²) in [6.45, 7) is -0.0172. The second-order valence-corrected chi connectivity index (χ2v) is 6.19. The monoisotopic (exact) mass is 333 g/mol. The molecule has 0 spiro atoms. The third-order valence-corrected chi connectivity index (χ3v) is 4.48. The normalized spacial score (nSPS) is 28.5. The zero-order valence-electron chi connectivity index (χ0n) is 13.3. The number of quaternary nitrogens is 1. The highest BCUT2D eigenvalue weighted by atomic mass is 16.3. The fourth-order valence-electron chi connectivity index (χ4n) is 3.05. The molecule has 1 saturated heterocycles. The number of nitrogens with zero attached hydrogens (tertiary/aromatic N) is 2. The summed E-state index contributed by atoms with van der Waals surface area (Å²) in [5.41, 5.74) is 4.08. The van der Waals surface area contributed by atoms with Crippen LogP contribution in [0.15, 0.2) is 27.8 Å². The number of carbonyl (C=O) groups is 3. The minimum Gasteiger partial charge on any atom is -0.467 e. The topological polar surface area (TPSA) is 120 Å². The van der Waals surface area contributed by atoms with E-state index in [4.69, 9.17) is 4.42 Å². The summed E-state index contributed by atoms with van der Waals surface area (Å²) in [5, 5.41) is 2.20.